The molecule has 0 radical (unpaired) electrons. The molecule has 1 aliphatic rings. The predicted octanol–water partition coefficient (Wildman–Crippen LogP) is 3.23. The van der Waals surface area contributed by atoms with E-state index in [9.17, 15) is 9.59 Å². The highest BCUT2D eigenvalue weighted by Gasteiger charge is 2.28. The lowest BCUT2D eigenvalue weighted by molar-refractivity contribution is -0.121. The van der Waals surface area contributed by atoms with E-state index in [4.69, 9.17) is 4.42 Å². The summed E-state index contributed by atoms with van der Waals surface area (Å²) in [5, 5.41) is 10.5. The summed E-state index contributed by atoms with van der Waals surface area (Å²) >= 11 is 0. The molecular weight excluding hydrogens is 356 g/mol. The predicted molar refractivity (Wildman–Crippen MR) is 103 cm³/mol. The lowest BCUT2D eigenvalue weighted by atomic mass is 9.95. The Kier molecular flexibility index (Phi) is 5.14. The average Bonchev–Trinajstić information content (AvgIpc) is 3.29. The molecule has 7 heteroatoms. The minimum Gasteiger partial charge on any atom is -0.423 e. The van der Waals surface area contributed by atoms with E-state index in [1.807, 2.05) is 30.3 Å². The third kappa shape index (κ3) is 3.93. The molecule has 3 aromatic rings. The Morgan fingerprint density at radius 2 is 1.71 bits per heavy atom. The number of para-hydroxylation sites is 1. The maximum absolute atomic E-state index is 12.7. The molecule has 0 spiro atoms. The van der Waals surface area contributed by atoms with E-state index < -0.39 is 0 Å². The number of carbonyl (C=O) groups is 2. The first kappa shape index (κ1) is 17.9. The van der Waals surface area contributed by atoms with Gasteiger partial charge in [-0.05, 0) is 49.2 Å². The van der Waals surface area contributed by atoms with Crippen LogP contribution in [0.2, 0.25) is 0 Å². The van der Waals surface area contributed by atoms with Gasteiger partial charge in [0.05, 0.1) is 0 Å². The fourth-order valence-electron chi connectivity index (χ4n) is 3.35. The summed E-state index contributed by atoms with van der Waals surface area (Å²) in [6.07, 6.45) is 2.58. The van der Waals surface area contributed by atoms with Crippen molar-refractivity contribution in [2.24, 2.45) is 5.92 Å². The highest BCUT2D eigenvalue weighted by atomic mass is 16.4. The van der Waals surface area contributed by atoms with Gasteiger partial charge in [-0.15, -0.1) is 10.2 Å². The Balaban J connectivity index is 1.33. The van der Waals surface area contributed by atoms with Crippen LogP contribution < -0.4 is 5.32 Å². The van der Waals surface area contributed by atoms with Crippen LogP contribution in [0.15, 0.2) is 65.4 Å². The van der Waals surface area contributed by atoms with Crippen molar-refractivity contribution in [3.63, 3.8) is 0 Å². The molecule has 0 atom stereocenters. The van der Waals surface area contributed by atoms with E-state index in [1.165, 1.54) is 6.39 Å². The molecule has 7 nitrogen and oxygen atoms in total. The molecule has 0 unspecified atom stereocenters. The van der Waals surface area contributed by atoms with E-state index in [0.29, 0.717) is 37.4 Å². The summed E-state index contributed by atoms with van der Waals surface area (Å²) in [7, 11) is 0. The maximum Gasteiger partial charge on any atom is 0.253 e. The van der Waals surface area contributed by atoms with Gasteiger partial charge in [-0.3, -0.25) is 9.59 Å². The van der Waals surface area contributed by atoms with Crippen LogP contribution in [0.5, 0.6) is 0 Å². The highest BCUT2D eigenvalue weighted by molar-refractivity contribution is 5.95. The molecular formula is C21H20N4O3. The zero-order chi connectivity index (χ0) is 19.3. The second kappa shape index (κ2) is 8.04. The monoisotopic (exact) mass is 376 g/mol. The summed E-state index contributed by atoms with van der Waals surface area (Å²) < 4.78 is 5.16. The SMILES string of the molecule is O=C(Nc1ccccc1)C1CCN(C(=O)c2ccc(-c3nnco3)cc2)CC1. The summed E-state index contributed by atoms with van der Waals surface area (Å²) in [6.45, 7) is 1.13. The van der Waals surface area contributed by atoms with E-state index >= 15 is 0 Å². The standard InChI is InChI=1S/C21H20N4O3/c26-19(23-18-4-2-1-3-5-18)15-10-12-25(13-11-15)21(27)17-8-6-16(7-9-17)20-24-22-14-28-20/h1-9,14-15H,10-13H2,(H,23,26). The van der Waals surface area contributed by atoms with Crippen LogP contribution in [0.4, 0.5) is 5.69 Å². The third-order valence-electron chi connectivity index (χ3n) is 4.93. The molecule has 0 saturated carbocycles. The molecule has 1 fully saturated rings. The van der Waals surface area contributed by atoms with Gasteiger partial charge in [-0.25, -0.2) is 0 Å². The van der Waals surface area contributed by atoms with Gasteiger partial charge >= 0.3 is 0 Å². The molecule has 1 aliphatic heterocycles. The molecule has 2 aromatic carbocycles. The van der Waals surface area contributed by atoms with Gasteiger partial charge in [-0.1, -0.05) is 18.2 Å². The van der Waals surface area contributed by atoms with Crippen molar-refractivity contribution in [2.75, 3.05) is 18.4 Å². The van der Waals surface area contributed by atoms with Crippen LogP contribution in [-0.2, 0) is 4.79 Å². The van der Waals surface area contributed by atoms with Gasteiger partial charge in [0, 0.05) is 35.8 Å². The molecule has 1 N–H and O–H groups in total. The van der Waals surface area contributed by atoms with Gasteiger partial charge in [0.15, 0.2) is 0 Å². The van der Waals surface area contributed by atoms with E-state index in [-0.39, 0.29) is 17.7 Å². The van der Waals surface area contributed by atoms with Crippen molar-refractivity contribution in [2.45, 2.75) is 12.8 Å². The summed E-state index contributed by atoms with van der Waals surface area (Å²) in [5.74, 6) is 0.328. The number of amides is 2. The summed E-state index contributed by atoms with van der Waals surface area (Å²) in [6, 6.07) is 16.5. The van der Waals surface area contributed by atoms with Crippen molar-refractivity contribution >= 4 is 17.5 Å². The molecule has 1 aromatic heterocycles. The Bertz CT molecular complexity index is 932. The van der Waals surface area contributed by atoms with Gasteiger partial charge in [0.2, 0.25) is 18.2 Å². The first-order valence-corrected chi connectivity index (χ1v) is 9.22. The minimum atomic E-state index is -0.0795. The van der Waals surface area contributed by atoms with E-state index in [2.05, 4.69) is 15.5 Å². The number of likely N-dealkylation sites (tertiary alicyclic amines) is 1. The van der Waals surface area contributed by atoms with Gasteiger partial charge in [-0.2, -0.15) is 0 Å². The zero-order valence-corrected chi connectivity index (χ0v) is 15.2. The average molecular weight is 376 g/mol. The first-order chi connectivity index (χ1) is 13.7. The van der Waals surface area contributed by atoms with Gasteiger partial charge in [0.1, 0.15) is 0 Å². The Morgan fingerprint density at radius 1 is 1.00 bits per heavy atom. The quantitative estimate of drug-likeness (QED) is 0.755. The van der Waals surface area contributed by atoms with Crippen LogP contribution in [0.1, 0.15) is 23.2 Å². The normalized spacial score (nSPS) is 14.6. The summed E-state index contributed by atoms with van der Waals surface area (Å²) in [4.78, 5) is 27.0. The molecule has 4 rings (SSSR count). The molecule has 1 saturated heterocycles. The largest absolute Gasteiger partial charge is 0.423 e. The number of aromatic nitrogens is 2. The van der Waals surface area contributed by atoms with E-state index in [1.54, 1.807) is 29.2 Å². The van der Waals surface area contributed by atoms with Gasteiger partial charge < -0.3 is 14.6 Å². The van der Waals surface area contributed by atoms with E-state index in [0.717, 1.165) is 11.3 Å². The minimum absolute atomic E-state index is 0.0159. The van der Waals surface area contributed by atoms with Crippen LogP contribution in [0.25, 0.3) is 11.5 Å². The number of carbonyl (C=O) groups excluding carboxylic acids is 2. The van der Waals surface area contributed by atoms with Crippen LogP contribution >= 0.6 is 0 Å². The molecule has 0 aliphatic carbocycles. The Labute approximate surface area is 162 Å². The number of nitrogens with one attached hydrogen (secondary N) is 1. The number of hydrogen-bond donors (Lipinski definition) is 1. The molecule has 2 amide bonds. The van der Waals surface area contributed by atoms with Crippen LogP contribution in [0.3, 0.4) is 0 Å². The van der Waals surface area contributed by atoms with Crippen molar-refractivity contribution in [3.05, 3.63) is 66.6 Å². The van der Waals surface area contributed by atoms with Crippen molar-refractivity contribution in [1.29, 1.82) is 0 Å². The number of piperidine rings is 1. The molecule has 28 heavy (non-hydrogen) atoms. The number of rotatable bonds is 4. The lowest BCUT2D eigenvalue weighted by Gasteiger charge is -2.31. The third-order valence-corrected chi connectivity index (χ3v) is 4.93. The van der Waals surface area contributed by atoms with Crippen molar-refractivity contribution in [3.8, 4) is 11.5 Å². The molecule has 142 valence electrons. The van der Waals surface area contributed by atoms with Gasteiger partial charge in [0.25, 0.3) is 5.91 Å². The first-order valence-electron chi connectivity index (χ1n) is 9.22. The van der Waals surface area contributed by atoms with Crippen LogP contribution in [0, 0.1) is 5.92 Å². The van der Waals surface area contributed by atoms with Crippen molar-refractivity contribution in [1.82, 2.24) is 15.1 Å². The number of nitrogens with zero attached hydrogens (tertiary/aromatic N) is 3. The zero-order valence-electron chi connectivity index (χ0n) is 15.2. The maximum atomic E-state index is 12.7. The number of benzene rings is 2. The Morgan fingerprint density at radius 3 is 2.36 bits per heavy atom. The molecule has 2 heterocycles. The second-order valence-electron chi connectivity index (χ2n) is 6.74. The highest BCUT2D eigenvalue weighted by Crippen LogP contribution is 2.22. The Hall–Kier alpha value is -3.48. The second-order valence-corrected chi connectivity index (χ2v) is 6.74. The van der Waals surface area contributed by atoms with Crippen molar-refractivity contribution < 1.29 is 14.0 Å². The summed E-state index contributed by atoms with van der Waals surface area (Å²) in [5.41, 5.74) is 2.17. The topological polar surface area (TPSA) is 88.3 Å². The fraction of sp³-hybridized carbons (Fsp3) is 0.238. The number of anilines is 1. The fourth-order valence-corrected chi connectivity index (χ4v) is 3.35. The number of hydrogen-bond acceptors (Lipinski definition) is 5. The smallest absolute Gasteiger partial charge is 0.253 e. The van der Waals surface area contributed by atoms with Crippen LogP contribution in [-0.4, -0.2) is 40.0 Å². The lowest BCUT2D eigenvalue weighted by Crippen LogP contribution is -2.41. The molecule has 0 bridgehead atoms.